The fourth-order valence-corrected chi connectivity index (χ4v) is 4.48. The Labute approximate surface area is 195 Å². The van der Waals surface area contributed by atoms with Crippen LogP contribution in [0.3, 0.4) is 0 Å². The highest BCUT2D eigenvalue weighted by Gasteiger charge is 2.32. The van der Waals surface area contributed by atoms with Crippen molar-refractivity contribution in [3.63, 3.8) is 0 Å². The number of halogens is 1. The molecule has 1 saturated carbocycles. The number of rotatable bonds is 5. The number of hydrogen-bond acceptors (Lipinski definition) is 3. The van der Waals surface area contributed by atoms with Crippen LogP contribution in [0.1, 0.15) is 44.6 Å². The quantitative estimate of drug-likeness (QED) is 0.358. The molecule has 0 spiro atoms. The second-order valence-electron chi connectivity index (χ2n) is 8.08. The first-order chi connectivity index (χ1) is 14.2. The number of carbonyl (C=O) groups excluding carboxylic acids is 1. The van der Waals surface area contributed by atoms with E-state index in [0.29, 0.717) is 12.5 Å². The number of carbonyl (C=O) groups is 1. The van der Waals surface area contributed by atoms with Gasteiger partial charge in [0.15, 0.2) is 5.96 Å². The van der Waals surface area contributed by atoms with Crippen LogP contribution >= 0.6 is 24.0 Å². The fraction of sp³-hybridized carbons (Fsp3) is 0.522. The van der Waals surface area contributed by atoms with Crippen molar-refractivity contribution in [3.05, 3.63) is 42.1 Å². The van der Waals surface area contributed by atoms with Gasteiger partial charge in [0.1, 0.15) is 0 Å². The molecule has 4 rings (SSSR count). The summed E-state index contributed by atoms with van der Waals surface area (Å²) in [6.45, 7) is 5.10. The number of aromatic nitrogens is 1. The summed E-state index contributed by atoms with van der Waals surface area (Å²) in [5.41, 5.74) is 2.16. The average molecular weight is 521 g/mol. The van der Waals surface area contributed by atoms with Crippen LogP contribution in [0.2, 0.25) is 0 Å². The molecule has 6 nitrogen and oxygen atoms in total. The molecule has 30 heavy (non-hydrogen) atoms. The Morgan fingerprint density at radius 1 is 1.20 bits per heavy atom. The van der Waals surface area contributed by atoms with E-state index in [-0.39, 0.29) is 35.9 Å². The molecule has 2 heterocycles. The van der Waals surface area contributed by atoms with Gasteiger partial charge in [-0.3, -0.25) is 9.78 Å². The summed E-state index contributed by atoms with van der Waals surface area (Å²) in [6, 6.07) is 10.5. The van der Waals surface area contributed by atoms with Crippen LogP contribution in [0.25, 0.3) is 10.9 Å². The largest absolute Gasteiger partial charge is 0.357 e. The maximum Gasteiger partial charge on any atom is 0.225 e. The molecule has 1 aliphatic heterocycles. The van der Waals surface area contributed by atoms with Crippen LogP contribution < -0.4 is 10.6 Å². The van der Waals surface area contributed by atoms with E-state index in [1.54, 1.807) is 0 Å². The highest BCUT2D eigenvalue weighted by molar-refractivity contribution is 14.0. The standard InChI is InChI=1S/C23H31N5O.HI/c1-2-24-23(26-15-18-11-13-25-21-10-6-5-9-20(18)21)27-19-12-14-28(16-19)22(29)17-7-3-4-8-17;/h5-6,9-11,13,17,19H,2-4,7-8,12,14-16H2,1H3,(H2,24,26,27);1H. The molecule has 1 amide bonds. The maximum absolute atomic E-state index is 12.7. The van der Waals surface area contributed by atoms with Gasteiger partial charge in [-0.15, -0.1) is 24.0 Å². The molecule has 1 saturated heterocycles. The summed E-state index contributed by atoms with van der Waals surface area (Å²) in [4.78, 5) is 24.0. The number of fused-ring (bicyclic) bond motifs is 1. The zero-order valence-electron chi connectivity index (χ0n) is 17.6. The molecule has 1 atom stereocenters. The number of para-hydroxylation sites is 1. The van der Waals surface area contributed by atoms with Crippen molar-refractivity contribution in [1.82, 2.24) is 20.5 Å². The molecule has 0 bridgehead atoms. The van der Waals surface area contributed by atoms with Crippen molar-refractivity contribution in [2.75, 3.05) is 19.6 Å². The van der Waals surface area contributed by atoms with Gasteiger partial charge < -0.3 is 15.5 Å². The van der Waals surface area contributed by atoms with E-state index in [1.807, 2.05) is 35.4 Å². The zero-order chi connectivity index (χ0) is 20.1. The number of amides is 1. The number of aliphatic imine (C=N–C) groups is 1. The Bertz CT molecular complexity index is 876. The number of nitrogens with zero attached hydrogens (tertiary/aromatic N) is 3. The highest BCUT2D eigenvalue weighted by Crippen LogP contribution is 2.27. The van der Waals surface area contributed by atoms with E-state index in [4.69, 9.17) is 4.99 Å². The predicted molar refractivity (Wildman–Crippen MR) is 132 cm³/mol. The molecule has 162 valence electrons. The van der Waals surface area contributed by atoms with Gasteiger partial charge in [-0.2, -0.15) is 0 Å². The van der Waals surface area contributed by atoms with Gasteiger partial charge in [0.2, 0.25) is 5.91 Å². The van der Waals surface area contributed by atoms with E-state index in [2.05, 4.69) is 28.6 Å². The maximum atomic E-state index is 12.7. The minimum atomic E-state index is 0. The minimum absolute atomic E-state index is 0. The van der Waals surface area contributed by atoms with Crippen molar-refractivity contribution in [2.45, 2.75) is 51.6 Å². The van der Waals surface area contributed by atoms with Gasteiger partial charge >= 0.3 is 0 Å². The molecule has 1 aliphatic carbocycles. The van der Waals surface area contributed by atoms with E-state index in [1.165, 1.54) is 12.8 Å². The van der Waals surface area contributed by atoms with Gasteiger partial charge in [0, 0.05) is 43.2 Å². The van der Waals surface area contributed by atoms with Crippen molar-refractivity contribution < 1.29 is 4.79 Å². The van der Waals surface area contributed by atoms with E-state index in [0.717, 1.165) is 61.3 Å². The fourth-order valence-electron chi connectivity index (χ4n) is 4.48. The Kier molecular flexibility index (Phi) is 8.30. The summed E-state index contributed by atoms with van der Waals surface area (Å²) in [6.07, 6.45) is 7.35. The molecule has 0 radical (unpaired) electrons. The third-order valence-corrected chi connectivity index (χ3v) is 6.04. The predicted octanol–water partition coefficient (Wildman–Crippen LogP) is 3.70. The van der Waals surface area contributed by atoms with Crippen molar-refractivity contribution in [1.29, 1.82) is 0 Å². The van der Waals surface area contributed by atoms with Crippen LogP contribution in [0, 0.1) is 5.92 Å². The van der Waals surface area contributed by atoms with E-state index < -0.39 is 0 Å². The summed E-state index contributed by atoms with van der Waals surface area (Å²) >= 11 is 0. The number of benzene rings is 1. The van der Waals surface area contributed by atoms with Crippen molar-refractivity contribution >= 4 is 46.7 Å². The van der Waals surface area contributed by atoms with Gasteiger partial charge in [0.25, 0.3) is 0 Å². The topological polar surface area (TPSA) is 69.6 Å². The number of pyridine rings is 1. The lowest BCUT2D eigenvalue weighted by molar-refractivity contribution is -0.134. The lowest BCUT2D eigenvalue weighted by Gasteiger charge is -2.21. The Hall–Kier alpha value is -1.90. The molecular weight excluding hydrogens is 489 g/mol. The zero-order valence-corrected chi connectivity index (χ0v) is 20.0. The second-order valence-corrected chi connectivity index (χ2v) is 8.08. The van der Waals surface area contributed by atoms with Crippen LogP contribution in [0.5, 0.6) is 0 Å². The van der Waals surface area contributed by atoms with Crippen LogP contribution in [0.15, 0.2) is 41.5 Å². The van der Waals surface area contributed by atoms with Crippen LogP contribution in [-0.4, -0.2) is 47.4 Å². The second kappa shape index (κ2) is 10.9. The number of likely N-dealkylation sites (tertiary alicyclic amines) is 1. The average Bonchev–Trinajstić information content (AvgIpc) is 3.44. The molecule has 2 aliphatic rings. The molecule has 2 N–H and O–H groups in total. The molecule has 1 aromatic carbocycles. The van der Waals surface area contributed by atoms with Crippen LogP contribution in [-0.2, 0) is 11.3 Å². The molecule has 1 unspecified atom stereocenters. The van der Waals surface area contributed by atoms with E-state index in [9.17, 15) is 4.79 Å². The molecular formula is C23H32IN5O. The summed E-state index contributed by atoms with van der Waals surface area (Å²) in [5, 5.41) is 8.03. The first-order valence-corrected chi connectivity index (χ1v) is 10.9. The summed E-state index contributed by atoms with van der Waals surface area (Å²) in [5.74, 6) is 1.43. The summed E-state index contributed by atoms with van der Waals surface area (Å²) < 4.78 is 0. The van der Waals surface area contributed by atoms with Gasteiger partial charge in [-0.25, -0.2) is 4.99 Å². The van der Waals surface area contributed by atoms with Gasteiger partial charge in [-0.1, -0.05) is 31.0 Å². The van der Waals surface area contributed by atoms with Crippen molar-refractivity contribution in [3.8, 4) is 0 Å². The third-order valence-electron chi connectivity index (χ3n) is 6.04. The number of guanidine groups is 1. The molecule has 2 aromatic rings. The molecule has 1 aromatic heterocycles. The molecule has 7 heteroatoms. The van der Waals surface area contributed by atoms with Gasteiger partial charge in [0.05, 0.1) is 12.1 Å². The van der Waals surface area contributed by atoms with E-state index >= 15 is 0 Å². The normalized spacial score (nSPS) is 19.7. The molecule has 2 fully saturated rings. The Morgan fingerprint density at radius 3 is 2.80 bits per heavy atom. The first-order valence-electron chi connectivity index (χ1n) is 10.9. The monoisotopic (exact) mass is 521 g/mol. The SMILES string of the molecule is CCNC(=NCc1ccnc2ccccc12)NC1CCN(C(=O)C2CCCC2)C1.I. The Balaban J connectivity index is 0.00000256. The number of hydrogen-bond donors (Lipinski definition) is 2. The lowest BCUT2D eigenvalue weighted by Crippen LogP contribution is -2.45. The lowest BCUT2D eigenvalue weighted by atomic mass is 10.1. The smallest absolute Gasteiger partial charge is 0.225 e. The highest BCUT2D eigenvalue weighted by atomic mass is 127. The van der Waals surface area contributed by atoms with Crippen LogP contribution in [0.4, 0.5) is 0 Å². The Morgan fingerprint density at radius 2 is 2.00 bits per heavy atom. The van der Waals surface area contributed by atoms with Gasteiger partial charge in [-0.05, 0) is 43.9 Å². The first kappa shape index (κ1) is 22.8. The summed E-state index contributed by atoms with van der Waals surface area (Å²) in [7, 11) is 0. The number of nitrogens with one attached hydrogen (secondary N) is 2. The van der Waals surface area contributed by atoms with Crippen molar-refractivity contribution in [2.24, 2.45) is 10.9 Å². The third kappa shape index (κ3) is 5.42. The minimum Gasteiger partial charge on any atom is -0.357 e.